The summed E-state index contributed by atoms with van der Waals surface area (Å²) in [5, 5.41) is 2.04. The van der Waals surface area contributed by atoms with Gasteiger partial charge in [-0.05, 0) is 55.3 Å². The van der Waals surface area contributed by atoms with Gasteiger partial charge in [0, 0.05) is 17.6 Å². The van der Waals surface area contributed by atoms with Crippen molar-refractivity contribution in [2.24, 2.45) is 5.73 Å². The number of ether oxygens (including phenoxy) is 1. The molecule has 4 nitrogen and oxygen atoms in total. The molecule has 19 heavy (non-hydrogen) atoms. The first-order valence-corrected chi connectivity index (χ1v) is 6.79. The molecule has 3 rings (SSSR count). The normalized spacial score (nSPS) is 23.4. The smallest absolute Gasteiger partial charge is 0.131 e. The predicted molar refractivity (Wildman–Crippen MR) is 77.0 cm³/mol. The number of fused-ring (bicyclic) bond motifs is 1. The van der Waals surface area contributed by atoms with Gasteiger partial charge in [0.2, 0.25) is 0 Å². The second kappa shape index (κ2) is 5.05. The molecule has 1 aromatic heterocycles. The summed E-state index contributed by atoms with van der Waals surface area (Å²) < 4.78 is 6.03. The highest BCUT2D eigenvalue weighted by Crippen LogP contribution is 2.27. The Hall–Kier alpha value is -1.81. The summed E-state index contributed by atoms with van der Waals surface area (Å²) in [4.78, 5) is 4.08. The third-order valence-electron chi connectivity index (χ3n) is 3.79. The Morgan fingerprint density at radius 2 is 1.89 bits per heavy atom. The fourth-order valence-electron chi connectivity index (χ4n) is 2.65. The summed E-state index contributed by atoms with van der Waals surface area (Å²) in [6, 6.07) is 8.27. The van der Waals surface area contributed by atoms with Crippen LogP contribution in [0.2, 0.25) is 0 Å². The van der Waals surface area contributed by atoms with Crippen LogP contribution < -0.4 is 16.2 Å². The molecular formula is C15H19N3O. The van der Waals surface area contributed by atoms with Crippen LogP contribution in [0.25, 0.3) is 10.8 Å². The van der Waals surface area contributed by atoms with E-state index in [4.69, 9.17) is 16.2 Å². The average molecular weight is 257 g/mol. The number of nitrogens with two attached hydrogens (primary N) is 2. The number of hydrogen-bond acceptors (Lipinski definition) is 4. The second-order valence-corrected chi connectivity index (χ2v) is 5.23. The highest BCUT2D eigenvalue weighted by atomic mass is 16.5. The van der Waals surface area contributed by atoms with Crippen LogP contribution >= 0.6 is 0 Å². The minimum atomic E-state index is 0.288. The zero-order valence-corrected chi connectivity index (χ0v) is 10.9. The topological polar surface area (TPSA) is 74.2 Å². The quantitative estimate of drug-likeness (QED) is 0.866. The number of benzene rings is 1. The van der Waals surface area contributed by atoms with Crippen LogP contribution in [0, 0.1) is 0 Å². The molecule has 0 bridgehead atoms. The van der Waals surface area contributed by atoms with Crippen molar-refractivity contribution < 1.29 is 4.74 Å². The SMILES string of the molecule is Nc1nccc2cc(OC3CCC(N)CC3)ccc12. The molecule has 0 atom stereocenters. The largest absolute Gasteiger partial charge is 0.490 e. The Balaban J connectivity index is 1.78. The number of nitrogens with zero attached hydrogens (tertiary/aromatic N) is 1. The molecule has 0 unspecified atom stereocenters. The molecular weight excluding hydrogens is 238 g/mol. The van der Waals surface area contributed by atoms with Crippen molar-refractivity contribution in [2.45, 2.75) is 37.8 Å². The maximum Gasteiger partial charge on any atom is 0.131 e. The first-order valence-electron chi connectivity index (χ1n) is 6.79. The van der Waals surface area contributed by atoms with Gasteiger partial charge in [-0.15, -0.1) is 0 Å². The van der Waals surface area contributed by atoms with E-state index < -0.39 is 0 Å². The van der Waals surface area contributed by atoms with E-state index in [0.717, 1.165) is 42.2 Å². The van der Waals surface area contributed by atoms with Gasteiger partial charge in [0.25, 0.3) is 0 Å². The molecule has 0 spiro atoms. The van der Waals surface area contributed by atoms with E-state index in [1.54, 1.807) is 6.20 Å². The molecule has 0 saturated heterocycles. The lowest BCUT2D eigenvalue weighted by atomic mass is 9.94. The number of nitrogen functional groups attached to an aromatic ring is 1. The zero-order chi connectivity index (χ0) is 13.2. The van der Waals surface area contributed by atoms with E-state index in [0.29, 0.717) is 11.9 Å². The standard InChI is InChI=1S/C15H19N3O/c16-11-1-3-12(4-2-11)19-13-5-6-14-10(9-13)7-8-18-15(14)17/h5-9,11-12H,1-4,16H2,(H2,17,18). The van der Waals surface area contributed by atoms with Gasteiger partial charge >= 0.3 is 0 Å². The molecule has 0 aliphatic heterocycles. The van der Waals surface area contributed by atoms with Crippen molar-refractivity contribution in [1.82, 2.24) is 4.98 Å². The lowest BCUT2D eigenvalue weighted by Crippen LogP contribution is -2.31. The summed E-state index contributed by atoms with van der Waals surface area (Å²) in [5.74, 6) is 1.46. The average Bonchev–Trinajstić information content (AvgIpc) is 2.42. The van der Waals surface area contributed by atoms with Crippen LogP contribution in [0.5, 0.6) is 5.75 Å². The summed E-state index contributed by atoms with van der Waals surface area (Å²) in [6.07, 6.45) is 6.19. The number of aromatic nitrogens is 1. The van der Waals surface area contributed by atoms with Crippen molar-refractivity contribution in [3.8, 4) is 5.75 Å². The highest BCUT2D eigenvalue weighted by Gasteiger charge is 2.19. The van der Waals surface area contributed by atoms with Crippen LogP contribution in [0.4, 0.5) is 5.82 Å². The molecule has 1 heterocycles. The van der Waals surface area contributed by atoms with E-state index in [2.05, 4.69) is 4.98 Å². The van der Waals surface area contributed by atoms with Crippen LogP contribution in [0.3, 0.4) is 0 Å². The van der Waals surface area contributed by atoms with Crippen LogP contribution in [0.1, 0.15) is 25.7 Å². The van der Waals surface area contributed by atoms with Crippen molar-refractivity contribution in [3.63, 3.8) is 0 Å². The second-order valence-electron chi connectivity index (χ2n) is 5.23. The van der Waals surface area contributed by atoms with Gasteiger partial charge < -0.3 is 16.2 Å². The lowest BCUT2D eigenvalue weighted by Gasteiger charge is -2.26. The number of rotatable bonds is 2. The molecule has 1 saturated carbocycles. The molecule has 100 valence electrons. The van der Waals surface area contributed by atoms with Crippen molar-refractivity contribution in [1.29, 1.82) is 0 Å². The van der Waals surface area contributed by atoms with E-state index >= 15 is 0 Å². The summed E-state index contributed by atoms with van der Waals surface area (Å²) in [7, 11) is 0. The molecule has 1 aromatic carbocycles. The van der Waals surface area contributed by atoms with Crippen LogP contribution in [-0.4, -0.2) is 17.1 Å². The maximum atomic E-state index is 6.03. The summed E-state index contributed by atoms with van der Waals surface area (Å²) in [5.41, 5.74) is 11.7. The number of hydrogen-bond donors (Lipinski definition) is 2. The Labute approximate surface area is 112 Å². The monoisotopic (exact) mass is 257 g/mol. The Bertz CT molecular complexity index is 577. The van der Waals surface area contributed by atoms with Crippen molar-refractivity contribution in [3.05, 3.63) is 30.5 Å². The molecule has 1 aliphatic rings. The number of anilines is 1. The molecule has 0 amide bonds. The molecule has 4 N–H and O–H groups in total. The zero-order valence-electron chi connectivity index (χ0n) is 10.9. The molecule has 4 heteroatoms. The van der Waals surface area contributed by atoms with E-state index in [1.165, 1.54) is 0 Å². The van der Waals surface area contributed by atoms with E-state index in [9.17, 15) is 0 Å². The van der Waals surface area contributed by atoms with Crippen molar-refractivity contribution >= 4 is 16.6 Å². The third-order valence-corrected chi connectivity index (χ3v) is 3.79. The highest BCUT2D eigenvalue weighted by molar-refractivity contribution is 5.91. The maximum absolute atomic E-state index is 6.03. The minimum absolute atomic E-state index is 0.288. The summed E-state index contributed by atoms with van der Waals surface area (Å²) >= 11 is 0. The molecule has 1 fully saturated rings. The fourth-order valence-corrected chi connectivity index (χ4v) is 2.65. The Morgan fingerprint density at radius 3 is 2.68 bits per heavy atom. The molecule has 1 aliphatic carbocycles. The first kappa shape index (κ1) is 12.2. The molecule has 2 aromatic rings. The van der Waals surface area contributed by atoms with Gasteiger partial charge in [0.15, 0.2) is 0 Å². The molecule has 0 radical (unpaired) electrons. The van der Waals surface area contributed by atoms with Gasteiger partial charge in [0.1, 0.15) is 11.6 Å². The van der Waals surface area contributed by atoms with Crippen LogP contribution in [0.15, 0.2) is 30.5 Å². The summed E-state index contributed by atoms with van der Waals surface area (Å²) in [6.45, 7) is 0. The van der Waals surface area contributed by atoms with Gasteiger partial charge in [0.05, 0.1) is 6.10 Å². The van der Waals surface area contributed by atoms with E-state index in [1.807, 2.05) is 24.3 Å². The van der Waals surface area contributed by atoms with Gasteiger partial charge in [-0.25, -0.2) is 4.98 Å². The number of pyridine rings is 1. The third kappa shape index (κ3) is 2.63. The van der Waals surface area contributed by atoms with Crippen molar-refractivity contribution in [2.75, 3.05) is 5.73 Å². The first-order chi connectivity index (χ1) is 9.22. The predicted octanol–water partition coefficient (Wildman–Crippen LogP) is 2.47. The van der Waals surface area contributed by atoms with Gasteiger partial charge in [-0.2, -0.15) is 0 Å². The van der Waals surface area contributed by atoms with Gasteiger partial charge in [-0.3, -0.25) is 0 Å². The minimum Gasteiger partial charge on any atom is -0.490 e. The lowest BCUT2D eigenvalue weighted by molar-refractivity contribution is 0.147. The van der Waals surface area contributed by atoms with Gasteiger partial charge in [-0.1, -0.05) is 0 Å². The van der Waals surface area contributed by atoms with E-state index in [-0.39, 0.29) is 6.10 Å². The Kier molecular flexibility index (Phi) is 3.25. The van der Waals surface area contributed by atoms with Crippen LogP contribution in [-0.2, 0) is 0 Å². The Morgan fingerprint density at radius 1 is 1.11 bits per heavy atom. The fraction of sp³-hybridized carbons (Fsp3) is 0.400.